The minimum Gasteiger partial charge on any atom is -0.432 e. The first-order chi connectivity index (χ1) is 9.17. The van der Waals surface area contributed by atoms with Gasteiger partial charge in [-0.05, 0) is 18.9 Å². The van der Waals surface area contributed by atoms with E-state index in [1.54, 1.807) is 13.4 Å². The van der Waals surface area contributed by atoms with E-state index in [4.69, 9.17) is 9.15 Å². The molecule has 0 aliphatic heterocycles. The average Bonchev–Trinajstić information content (AvgIpc) is 2.83. The Bertz CT molecular complexity index is 339. The molecular weight excluding hydrogens is 242 g/mol. The molecule has 1 N–H and O–H groups in total. The molecule has 0 atom stereocenters. The van der Waals surface area contributed by atoms with Crippen molar-refractivity contribution in [2.75, 3.05) is 38.3 Å². The van der Waals surface area contributed by atoms with E-state index < -0.39 is 0 Å². The zero-order chi connectivity index (χ0) is 14.1. The molecule has 0 aliphatic rings. The van der Waals surface area contributed by atoms with Crippen LogP contribution in [-0.4, -0.2) is 38.3 Å². The van der Waals surface area contributed by atoms with Crippen molar-refractivity contribution in [3.05, 3.63) is 12.0 Å². The van der Waals surface area contributed by atoms with Gasteiger partial charge in [-0.2, -0.15) is 4.98 Å². The summed E-state index contributed by atoms with van der Waals surface area (Å²) in [6.45, 7) is 10.7. The summed E-state index contributed by atoms with van der Waals surface area (Å²) >= 11 is 0. The molecule has 0 saturated carbocycles. The Kier molecular flexibility index (Phi) is 7.52. The molecule has 1 aromatic heterocycles. The third kappa shape index (κ3) is 6.07. The van der Waals surface area contributed by atoms with Crippen molar-refractivity contribution < 1.29 is 9.15 Å². The summed E-state index contributed by atoms with van der Waals surface area (Å²) in [4.78, 5) is 6.67. The van der Waals surface area contributed by atoms with E-state index in [1.165, 1.54) is 0 Å². The lowest BCUT2D eigenvalue weighted by atomic mass is 10.2. The largest absolute Gasteiger partial charge is 0.432 e. The summed E-state index contributed by atoms with van der Waals surface area (Å²) in [7, 11) is 1.71. The number of ether oxygens (including phenoxy) is 1. The van der Waals surface area contributed by atoms with E-state index in [0.29, 0.717) is 18.5 Å². The van der Waals surface area contributed by atoms with Crippen molar-refractivity contribution in [3.8, 4) is 0 Å². The number of methoxy groups -OCH3 is 1. The van der Waals surface area contributed by atoms with Gasteiger partial charge in [-0.25, -0.2) is 0 Å². The first-order valence-electron chi connectivity index (χ1n) is 7.06. The lowest BCUT2D eigenvalue weighted by Gasteiger charge is -2.22. The predicted octanol–water partition coefficient (Wildman–Crippen LogP) is 2.28. The van der Waals surface area contributed by atoms with E-state index in [2.05, 4.69) is 36.0 Å². The van der Waals surface area contributed by atoms with Gasteiger partial charge in [-0.15, -0.1) is 0 Å². The van der Waals surface area contributed by atoms with Crippen LogP contribution in [0.15, 0.2) is 10.7 Å². The maximum Gasteiger partial charge on any atom is 0.297 e. The van der Waals surface area contributed by atoms with Gasteiger partial charge >= 0.3 is 0 Å². The quantitative estimate of drug-likeness (QED) is 0.660. The molecule has 0 aromatic carbocycles. The van der Waals surface area contributed by atoms with Crippen molar-refractivity contribution in [2.45, 2.75) is 33.7 Å². The lowest BCUT2D eigenvalue weighted by Crippen LogP contribution is -2.31. The van der Waals surface area contributed by atoms with Gasteiger partial charge in [-0.3, -0.25) is 0 Å². The number of hydrogen-bond donors (Lipinski definition) is 1. The normalized spacial score (nSPS) is 11.2. The van der Waals surface area contributed by atoms with Gasteiger partial charge in [0.05, 0.1) is 12.3 Å². The van der Waals surface area contributed by atoms with Gasteiger partial charge < -0.3 is 19.4 Å². The van der Waals surface area contributed by atoms with Crippen molar-refractivity contribution >= 4 is 6.01 Å². The number of aromatic nitrogens is 1. The molecular formula is C14H27N3O2. The van der Waals surface area contributed by atoms with Gasteiger partial charge in [0, 0.05) is 26.7 Å². The first kappa shape index (κ1) is 16.0. The molecule has 0 bridgehead atoms. The number of rotatable bonds is 10. The van der Waals surface area contributed by atoms with Crippen LogP contribution in [0.25, 0.3) is 0 Å². The Morgan fingerprint density at radius 3 is 2.89 bits per heavy atom. The Labute approximate surface area is 116 Å². The van der Waals surface area contributed by atoms with Crippen LogP contribution >= 0.6 is 0 Å². The Morgan fingerprint density at radius 2 is 2.26 bits per heavy atom. The summed E-state index contributed by atoms with van der Waals surface area (Å²) in [5.74, 6) is 0.561. The predicted molar refractivity (Wildman–Crippen MR) is 77.4 cm³/mol. The summed E-state index contributed by atoms with van der Waals surface area (Å²) in [5, 5.41) is 3.32. The average molecular weight is 269 g/mol. The second kappa shape index (κ2) is 8.93. The highest BCUT2D eigenvalue weighted by Gasteiger charge is 2.14. The summed E-state index contributed by atoms with van der Waals surface area (Å²) in [6.07, 6.45) is 2.86. The van der Waals surface area contributed by atoms with Crippen molar-refractivity contribution in [3.63, 3.8) is 0 Å². The second-order valence-corrected chi connectivity index (χ2v) is 5.13. The van der Waals surface area contributed by atoms with Crippen LogP contribution in [0.2, 0.25) is 0 Å². The molecule has 0 aliphatic carbocycles. The molecule has 0 radical (unpaired) electrons. The van der Waals surface area contributed by atoms with Crippen LogP contribution in [0.5, 0.6) is 0 Å². The monoisotopic (exact) mass is 269 g/mol. The molecule has 0 amide bonds. The molecule has 0 saturated heterocycles. The van der Waals surface area contributed by atoms with Crippen LogP contribution in [0.1, 0.15) is 32.9 Å². The van der Waals surface area contributed by atoms with Crippen molar-refractivity contribution in [1.82, 2.24) is 10.3 Å². The maximum atomic E-state index is 5.57. The molecule has 1 heterocycles. The van der Waals surface area contributed by atoms with Crippen LogP contribution in [0.3, 0.4) is 0 Å². The van der Waals surface area contributed by atoms with Gasteiger partial charge in [0.2, 0.25) is 0 Å². The number of anilines is 1. The molecule has 1 rings (SSSR count). The minimum absolute atomic E-state index is 0.561. The Hall–Kier alpha value is -1.07. The molecule has 5 nitrogen and oxygen atoms in total. The van der Waals surface area contributed by atoms with Crippen molar-refractivity contribution in [2.24, 2.45) is 5.92 Å². The third-order valence-electron chi connectivity index (χ3n) is 2.69. The summed E-state index contributed by atoms with van der Waals surface area (Å²) in [5.41, 5.74) is 0.953. The number of oxazole rings is 1. The lowest BCUT2D eigenvalue weighted by molar-refractivity contribution is 0.203. The fraction of sp³-hybridized carbons (Fsp3) is 0.786. The molecule has 0 fully saturated rings. The highest BCUT2D eigenvalue weighted by Crippen LogP contribution is 2.15. The molecule has 0 spiro atoms. The number of hydrogen-bond acceptors (Lipinski definition) is 5. The fourth-order valence-corrected chi connectivity index (χ4v) is 1.82. The molecule has 110 valence electrons. The van der Waals surface area contributed by atoms with Gasteiger partial charge in [0.1, 0.15) is 6.26 Å². The SMILES string of the molecule is CCCNCc1coc(N(CCOC)CC(C)C)n1. The van der Waals surface area contributed by atoms with E-state index in [9.17, 15) is 0 Å². The van der Waals surface area contributed by atoms with E-state index in [1.807, 2.05) is 0 Å². The van der Waals surface area contributed by atoms with Gasteiger partial charge in [0.25, 0.3) is 6.01 Å². The standard InChI is InChI=1S/C14H27N3O2/c1-5-6-15-9-13-11-19-14(16-13)17(7-8-18-4)10-12(2)3/h11-12,15H,5-10H2,1-4H3. The van der Waals surface area contributed by atoms with Crippen LogP contribution in [0, 0.1) is 5.92 Å². The van der Waals surface area contributed by atoms with E-state index >= 15 is 0 Å². The van der Waals surface area contributed by atoms with E-state index in [-0.39, 0.29) is 0 Å². The zero-order valence-corrected chi connectivity index (χ0v) is 12.6. The molecule has 1 aromatic rings. The molecule has 5 heteroatoms. The second-order valence-electron chi connectivity index (χ2n) is 5.13. The highest BCUT2D eigenvalue weighted by molar-refractivity contribution is 5.27. The van der Waals surface area contributed by atoms with Crippen molar-refractivity contribution in [1.29, 1.82) is 0 Å². The minimum atomic E-state index is 0.561. The first-order valence-corrected chi connectivity index (χ1v) is 7.06. The maximum absolute atomic E-state index is 5.57. The topological polar surface area (TPSA) is 50.5 Å². The van der Waals surface area contributed by atoms with Crippen LogP contribution in [0.4, 0.5) is 6.01 Å². The number of nitrogens with zero attached hydrogens (tertiary/aromatic N) is 2. The fourth-order valence-electron chi connectivity index (χ4n) is 1.82. The van der Waals surface area contributed by atoms with Gasteiger partial charge in [-0.1, -0.05) is 20.8 Å². The molecule has 0 unspecified atom stereocenters. The Morgan fingerprint density at radius 1 is 1.47 bits per heavy atom. The number of nitrogens with one attached hydrogen (secondary N) is 1. The smallest absolute Gasteiger partial charge is 0.297 e. The summed E-state index contributed by atoms with van der Waals surface area (Å²) < 4.78 is 10.7. The van der Waals surface area contributed by atoms with E-state index in [0.717, 1.165) is 38.3 Å². The highest BCUT2D eigenvalue weighted by atomic mass is 16.5. The third-order valence-corrected chi connectivity index (χ3v) is 2.69. The Balaban J connectivity index is 2.57. The summed E-state index contributed by atoms with van der Waals surface area (Å²) in [6, 6.07) is 0.694. The molecule has 19 heavy (non-hydrogen) atoms. The van der Waals surface area contributed by atoms with Crippen LogP contribution in [-0.2, 0) is 11.3 Å². The van der Waals surface area contributed by atoms with Gasteiger partial charge in [0.15, 0.2) is 0 Å². The van der Waals surface area contributed by atoms with Crippen LogP contribution < -0.4 is 10.2 Å². The zero-order valence-electron chi connectivity index (χ0n) is 12.6.